The summed E-state index contributed by atoms with van der Waals surface area (Å²) in [5.74, 6) is 0. The molecule has 0 unspecified atom stereocenters. The van der Waals surface area contributed by atoms with Crippen LogP contribution in [0.3, 0.4) is 0 Å². The Labute approximate surface area is 104 Å². The number of rotatable bonds is 2. The van der Waals surface area contributed by atoms with Crippen LogP contribution in [0, 0.1) is 0 Å². The van der Waals surface area contributed by atoms with Crippen LogP contribution in [-0.2, 0) is 5.54 Å². The van der Waals surface area contributed by atoms with Crippen molar-refractivity contribution in [3.63, 3.8) is 0 Å². The highest BCUT2D eigenvalue weighted by atomic mass is 15.2. The van der Waals surface area contributed by atoms with Gasteiger partial charge in [-0.05, 0) is 18.4 Å². The fourth-order valence-electron chi connectivity index (χ4n) is 3.59. The maximum absolute atomic E-state index is 3.47. The second kappa shape index (κ2) is 4.79. The van der Waals surface area contributed by atoms with Crippen LogP contribution in [0.4, 0.5) is 0 Å². The van der Waals surface area contributed by atoms with Crippen LogP contribution in [0.5, 0.6) is 0 Å². The summed E-state index contributed by atoms with van der Waals surface area (Å²) in [5, 5.41) is 3.47. The van der Waals surface area contributed by atoms with Crippen LogP contribution in [0.25, 0.3) is 0 Å². The SMILES string of the molecule is c1ccc(C2(N3CCNCC3)CCCC2)cc1. The van der Waals surface area contributed by atoms with E-state index < -0.39 is 0 Å². The minimum atomic E-state index is 0.351. The summed E-state index contributed by atoms with van der Waals surface area (Å²) in [6.07, 6.45) is 5.46. The number of hydrogen-bond donors (Lipinski definition) is 1. The molecule has 0 amide bonds. The molecule has 17 heavy (non-hydrogen) atoms. The summed E-state index contributed by atoms with van der Waals surface area (Å²) >= 11 is 0. The van der Waals surface area contributed by atoms with Crippen LogP contribution < -0.4 is 5.32 Å². The minimum Gasteiger partial charge on any atom is -0.314 e. The van der Waals surface area contributed by atoms with Gasteiger partial charge in [-0.3, -0.25) is 4.90 Å². The molecule has 1 aromatic carbocycles. The van der Waals surface area contributed by atoms with Crippen molar-refractivity contribution in [2.75, 3.05) is 26.2 Å². The first-order chi connectivity index (χ1) is 8.42. The molecule has 2 aliphatic rings. The largest absolute Gasteiger partial charge is 0.314 e. The van der Waals surface area contributed by atoms with E-state index in [1.54, 1.807) is 5.56 Å². The molecule has 1 aliphatic carbocycles. The van der Waals surface area contributed by atoms with Gasteiger partial charge in [0, 0.05) is 31.7 Å². The second-order valence-corrected chi connectivity index (χ2v) is 5.34. The Hall–Kier alpha value is -0.860. The van der Waals surface area contributed by atoms with Gasteiger partial charge in [-0.15, -0.1) is 0 Å². The van der Waals surface area contributed by atoms with Crippen LogP contribution >= 0.6 is 0 Å². The van der Waals surface area contributed by atoms with Crippen molar-refractivity contribution in [3.8, 4) is 0 Å². The Kier molecular flexibility index (Phi) is 3.17. The first-order valence-corrected chi connectivity index (χ1v) is 6.93. The zero-order valence-electron chi connectivity index (χ0n) is 10.5. The monoisotopic (exact) mass is 230 g/mol. The quantitative estimate of drug-likeness (QED) is 0.839. The van der Waals surface area contributed by atoms with E-state index in [4.69, 9.17) is 0 Å². The van der Waals surface area contributed by atoms with E-state index in [0.717, 1.165) is 13.1 Å². The molecule has 1 aromatic rings. The van der Waals surface area contributed by atoms with Gasteiger partial charge in [-0.25, -0.2) is 0 Å². The normalized spacial score (nSPS) is 24.9. The molecule has 1 N–H and O–H groups in total. The lowest BCUT2D eigenvalue weighted by Crippen LogP contribution is -2.53. The van der Waals surface area contributed by atoms with E-state index >= 15 is 0 Å². The Bertz CT molecular complexity index is 348. The van der Waals surface area contributed by atoms with Crippen LogP contribution in [-0.4, -0.2) is 31.1 Å². The summed E-state index contributed by atoms with van der Waals surface area (Å²) in [4.78, 5) is 2.73. The summed E-state index contributed by atoms with van der Waals surface area (Å²) in [5.41, 5.74) is 1.89. The van der Waals surface area contributed by atoms with E-state index in [1.165, 1.54) is 38.8 Å². The summed E-state index contributed by atoms with van der Waals surface area (Å²) < 4.78 is 0. The van der Waals surface area contributed by atoms with Gasteiger partial charge in [0.15, 0.2) is 0 Å². The molecule has 1 saturated heterocycles. The van der Waals surface area contributed by atoms with Gasteiger partial charge in [-0.2, -0.15) is 0 Å². The summed E-state index contributed by atoms with van der Waals surface area (Å²) in [7, 11) is 0. The molecule has 1 heterocycles. The molecule has 0 atom stereocenters. The summed E-state index contributed by atoms with van der Waals surface area (Å²) in [6.45, 7) is 4.70. The zero-order valence-corrected chi connectivity index (χ0v) is 10.5. The Morgan fingerprint density at radius 1 is 0.941 bits per heavy atom. The molecular formula is C15H22N2. The molecule has 2 heteroatoms. The Balaban J connectivity index is 1.92. The van der Waals surface area contributed by atoms with Crippen molar-refractivity contribution in [1.82, 2.24) is 10.2 Å². The van der Waals surface area contributed by atoms with Crippen LogP contribution in [0.15, 0.2) is 30.3 Å². The van der Waals surface area contributed by atoms with Crippen molar-refractivity contribution in [2.24, 2.45) is 0 Å². The maximum Gasteiger partial charge on any atom is 0.0461 e. The lowest BCUT2D eigenvalue weighted by Gasteiger charge is -2.44. The van der Waals surface area contributed by atoms with Gasteiger partial charge in [0.2, 0.25) is 0 Å². The molecule has 0 spiro atoms. The predicted molar refractivity (Wildman–Crippen MR) is 71.0 cm³/mol. The minimum absolute atomic E-state index is 0.351. The molecule has 0 aromatic heterocycles. The molecule has 2 nitrogen and oxygen atoms in total. The third kappa shape index (κ3) is 2.00. The highest BCUT2D eigenvalue weighted by molar-refractivity contribution is 5.26. The molecule has 92 valence electrons. The highest BCUT2D eigenvalue weighted by Gasteiger charge is 2.40. The van der Waals surface area contributed by atoms with E-state index in [-0.39, 0.29) is 0 Å². The lowest BCUT2D eigenvalue weighted by atomic mass is 9.86. The first-order valence-electron chi connectivity index (χ1n) is 6.93. The zero-order chi connectivity index (χ0) is 11.6. The Morgan fingerprint density at radius 3 is 2.24 bits per heavy atom. The van der Waals surface area contributed by atoms with Crippen LogP contribution in [0.2, 0.25) is 0 Å². The van der Waals surface area contributed by atoms with Crippen molar-refractivity contribution in [3.05, 3.63) is 35.9 Å². The standard InChI is InChI=1S/C15H22N2/c1-2-6-14(7-3-1)15(8-4-5-9-15)17-12-10-16-11-13-17/h1-3,6-7,16H,4-5,8-13H2. The van der Waals surface area contributed by atoms with Crippen molar-refractivity contribution in [1.29, 1.82) is 0 Å². The number of benzene rings is 1. The van der Waals surface area contributed by atoms with Crippen molar-refractivity contribution < 1.29 is 0 Å². The third-order valence-corrected chi connectivity index (χ3v) is 4.46. The van der Waals surface area contributed by atoms with Gasteiger partial charge < -0.3 is 5.32 Å². The van der Waals surface area contributed by atoms with Crippen molar-refractivity contribution >= 4 is 0 Å². The Morgan fingerprint density at radius 2 is 1.59 bits per heavy atom. The molecule has 1 saturated carbocycles. The molecule has 3 rings (SSSR count). The maximum atomic E-state index is 3.47. The number of hydrogen-bond acceptors (Lipinski definition) is 2. The molecule has 2 fully saturated rings. The summed E-state index contributed by atoms with van der Waals surface area (Å²) in [6, 6.07) is 11.2. The molecule has 0 radical (unpaired) electrons. The topological polar surface area (TPSA) is 15.3 Å². The highest BCUT2D eigenvalue weighted by Crippen LogP contribution is 2.43. The third-order valence-electron chi connectivity index (χ3n) is 4.46. The van der Waals surface area contributed by atoms with E-state index in [0.29, 0.717) is 5.54 Å². The van der Waals surface area contributed by atoms with Gasteiger partial charge >= 0.3 is 0 Å². The number of nitrogens with zero attached hydrogens (tertiary/aromatic N) is 1. The average Bonchev–Trinajstić information content (AvgIpc) is 2.91. The fourth-order valence-corrected chi connectivity index (χ4v) is 3.59. The van der Waals surface area contributed by atoms with E-state index in [2.05, 4.69) is 40.5 Å². The van der Waals surface area contributed by atoms with Gasteiger partial charge in [0.05, 0.1) is 0 Å². The van der Waals surface area contributed by atoms with Gasteiger partial charge in [-0.1, -0.05) is 43.2 Å². The second-order valence-electron chi connectivity index (χ2n) is 5.34. The molecule has 0 bridgehead atoms. The first kappa shape index (κ1) is 11.2. The number of nitrogens with one attached hydrogen (secondary N) is 1. The lowest BCUT2D eigenvalue weighted by molar-refractivity contribution is 0.0757. The number of piperazine rings is 1. The van der Waals surface area contributed by atoms with Gasteiger partial charge in [0.1, 0.15) is 0 Å². The molecule has 1 aliphatic heterocycles. The fraction of sp³-hybridized carbons (Fsp3) is 0.600. The van der Waals surface area contributed by atoms with E-state index in [9.17, 15) is 0 Å². The van der Waals surface area contributed by atoms with Crippen LogP contribution in [0.1, 0.15) is 31.2 Å². The van der Waals surface area contributed by atoms with Gasteiger partial charge in [0.25, 0.3) is 0 Å². The predicted octanol–water partition coefficient (Wildman–Crippen LogP) is 2.36. The van der Waals surface area contributed by atoms with E-state index in [1.807, 2.05) is 0 Å². The molecular weight excluding hydrogens is 208 g/mol. The average molecular weight is 230 g/mol. The smallest absolute Gasteiger partial charge is 0.0461 e. The van der Waals surface area contributed by atoms with Crippen molar-refractivity contribution in [2.45, 2.75) is 31.2 Å².